The van der Waals surface area contributed by atoms with Crippen molar-refractivity contribution in [2.24, 2.45) is 0 Å². The van der Waals surface area contributed by atoms with Crippen LogP contribution in [0.15, 0.2) is 30.3 Å². The summed E-state index contributed by atoms with van der Waals surface area (Å²) in [5, 5.41) is 0. The monoisotopic (exact) mass is 266 g/mol. The molecule has 2 aromatic rings. The number of pyridine rings is 1. The van der Waals surface area contributed by atoms with E-state index in [1.807, 2.05) is 19.2 Å². The third-order valence-corrected chi connectivity index (χ3v) is 3.77. The summed E-state index contributed by atoms with van der Waals surface area (Å²) >= 11 is 0. The molecule has 0 saturated heterocycles. The maximum absolute atomic E-state index is 11.9. The minimum absolute atomic E-state index is 0.109. The summed E-state index contributed by atoms with van der Waals surface area (Å²) in [6.45, 7) is 4.89. The highest BCUT2D eigenvalue weighted by Gasteiger charge is 2.24. The van der Waals surface area contributed by atoms with E-state index in [1.165, 1.54) is 5.56 Å². The summed E-state index contributed by atoms with van der Waals surface area (Å²) in [5.74, 6) is 0.109. The van der Waals surface area contributed by atoms with Crippen LogP contribution in [-0.4, -0.2) is 22.8 Å². The molecular formula is C17H18N2O. The lowest BCUT2D eigenvalue weighted by atomic mass is 10.0. The second kappa shape index (κ2) is 4.75. The van der Waals surface area contributed by atoms with Crippen molar-refractivity contribution < 1.29 is 4.79 Å². The van der Waals surface area contributed by atoms with Gasteiger partial charge in [-0.05, 0) is 48.7 Å². The van der Waals surface area contributed by atoms with E-state index in [1.54, 1.807) is 4.90 Å². The van der Waals surface area contributed by atoms with Crippen molar-refractivity contribution >= 4 is 5.91 Å². The van der Waals surface area contributed by atoms with Crippen molar-refractivity contribution in [3.63, 3.8) is 0 Å². The molecule has 0 N–H and O–H groups in total. The van der Waals surface area contributed by atoms with E-state index in [0.717, 1.165) is 34.5 Å². The molecule has 3 rings (SSSR count). The van der Waals surface area contributed by atoms with Gasteiger partial charge in [0.1, 0.15) is 0 Å². The predicted molar refractivity (Wildman–Crippen MR) is 79.6 cm³/mol. The Hall–Kier alpha value is -2.16. The molecular weight excluding hydrogens is 248 g/mol. The molecule has 1 aliphatic heterocycles. The van der Waals surface area contributed by atoms with Crippen molar-refractivity contribution in [2.45, 2.75) is 26.8 Å². The highest BCUT2D eigenvalue weighted by Crippen LogP contribution is 2.27. The molecule has 0 bridgehead atoms. The fourth-order valence-corrected chi connectivity index (χ4v) is 2.69. The van der Waals surface area contributed by atoms with Gasteiger partial charge in [-0.2, -0.15) is 0 Å². The lowest BCUT2D eigenvalue weighted by Crippen LogP contribution is -2.17. The van der Waals surface area contributed by atoms with Gasteiger partial charge in [0.05, 0.1) is 5.69 Å². The Labute approximate surface area is 119 Å². The third kappa shape index (κ3) is 2.09. The quantitative estimate of drug-likeness (QED) is 0.836. The van der Waals surface area contributed by atoms with E-state index < -0.39 is 0 Å². The summed E-state index contributed by atoms with van der Waals surface area (Å²) < 4.78 is 0. The van der Waals surface area contributed by atoms with Crippen LogP contribution in [0.5, 0.6) is 0 Å². The Bertz CT molecular complexity index is 691. The summed E-state index contributed by atoms with van der Waals surface area (Å²) in [4.78, 5) is 18.3. The van der Waals surface area contributed by atoms with Gasteiger partial charge in [-0.1, -0.05) is 13.0 Å². The van der Waals surface area contributed by atoms with Crippen LogP contribution in [0.3, 0.4) is 0 Å². The Morgan fingerprint density at radius 1 is 1.25 bits per heavy atom. The van der Waals surface area contributed by atoms with Crippen LogP contribution in [0.4, 0.5) is 0 Å². The molecule has 2 heterocycles. The second-order valence-electron chi connectivity index (χ2n) is 5.41. The minimum atomic E-state index is 0.109. The van der Waals surface area contributed by atoms with Crippen LogP contribution in [0, 0.1) is 6.92 Å². The lowest BCUT2D eigenvalue weighted by molar-refractivity contribution is 0.0816. The van der Waals surface area contributed by atoms with Crippen LogP contribution < -0.4 is 0 Å². The number of hydrogen-bond acceptors (Lipinski definition) is 2. The number of hydrogen-bond donors (Lipinski definition) is 0. The SMILES string of the molecule is CCc1cc(C)cc(-c2ccc3c(c2)CN(C)C3=O)n1. The lowest BCUT2D eigenvalue weighted by Gasteiger charge is -2.07. The number of amides is 1. The smallest absolute Gasteiger partial charge is 0.254 e. The molecule has 0 fully saturated rings. The standard InChI is InChI=1S/C17H18N2O/c1-4-14-7-11(2)8-16(18-14)12-5-6-15-13(9-12)10-19(3)17(15)20/h5-9H,4,10H2,1-3H3. The van der Waals surface area contributed by atoms with Crippen molar-refractivity contribution in [2.75, 3.05) is 7.05 Å². The molecule has 0 radical (unpaired) electrons. The van der Waals surface area contributed by atoms with E-state index in [9.17, 15) is 4.79 Å². The number of carbonyl (C=O) groups is 1. The maximum atomic E-state index is 11.9. The molecule has 1 amide bonds. The zero-order valence-corrected chi connectivity index (χ0v) is 12.1. The summed E-state index contributed by atoms with van der Waals surface area (Å²) in [6.07, 6.45) is 0.931. The molecule has 1 aromatic heterocycles. The Balaban J connectivity index is 2.07. The number of aryl methyl sites for hydroxylation is 2. The number of fused-ring (bicyclic) bond motifs is 1. The largest absolute Gasteiger partial charge is 0.337 e. The zero-order chi connectivity index (χ0) is 14.3. The van der Waals surface area contributed by atoms with Crippen molar-refractivity contribution in [3.8, 4) is 11.3 Å². The molecule has 102 valence electrons. The van der Waals surface area contributed by atoms with Gasteiger partial charge in [-0.15, -0.1) is 0 Å². The highest BCUT2D eigenvalue weighted by molar-refractivity contribution is 5.98. The van der Waals surface area contributed by atoms with Crippen LogP contribution in [-0.2, 0) is 13.0 Å². The van der Waals surface area contributed by atoms with Gasteiger partial charge in [-0.25, -0.2) is 0 Å². The first-order valence-electron chi connectivity index (χ1n) is 6.95. The van der Waals surface area contributed by atoms with Gasteiger partial charge in [0, 0.05) is 30.4 Å². The van der Waals surface area contributed by atoms with Crippen molar-refractivity contribution in [1.29, 1.82) is 0 Å². The van der Waals surface area contributed by atoms with Gasteiger partial charge in [-0.3, -0.25) is 9.78 Å². The normalized spacial score (nSPS) is 13.8. The number of benzene rings is 1. The summed E-state index contributed by atoms with van der Waals surface area (Å²) in [5.41, 5.74) is 6.32. The number of carbonyl (C=O) groups excluding carboxylic acids is 1. The minimum Gasteiger partial charge on any atom is -0.337 e. The first kappa shape index (κ1) is 12.9. The van der Waals surface area contributed by atoms with Crippen LogP contribution in [0.25, 0.3) is 11.3 Å². The predicted octanol–water partition coefficient (Wildman–Crippen LogP) is 3.21. The number of aromatic nitrogens is 1. The topological polar surface area (TPSA) is 33.2 Å². The first-order chi connectivity index (χ1) is 9.58. The van der Waals surface area contributed by atoms with Crippen LogP contribution in [0.2, 0.25) is 0 Å². The van der Waals surface area contributed by atoms with Crippen LogP contribution in [0.1, 0.15) is 34.1 Å². The van der Waals surface area contributed by atoms with E-state index in [2.05, 4.69) is 37.0 Å². The van der Waals surface area contributed by atoms with Gasteiger partial charge in [0.15, 0.2) is 0 Å². The fraction of sp³-hybridized carbons (Fsp3) is 0.294. The number of rotatable bonds is 2. The second-order valence-corrected chi connectivity index (χ2v) is 5.41. The van der Waals surface area contributed by atoms with Crippen molar-refractivity contribution in [3.05, 3.63) is 52.7 Å². The fourth-order valence-electron chi connectivity index (χ4n) is 2.69. The summed E-state index contributed by atoms with van der Waals surface area (Å²) in [6, 6.07) is 10.2. The Morgan fingerprint density at radius 3 is 2.80 bits per heavy atom. The molecule has 0 spiro atoms. The molecule has 3 nitrogen and oxygen atoms in total. The molecule has 1 aromatic carbocycles. The molecule has 0 unspecified atom stereocenters. The number of nitrogens with zero attached hydrogens (tertiary/aromatic N) is 2. The Morgan fingerprint density at radius 2 is 2.05 bits per heavy atom. The first-order valence-corrected chi connectivity index (χ1v) is 6.95. The third-order valence-electron chi connectivity index (χ3n) is 3.77. The van der Waals surface area contributed by atoms with E-state index in [0.29, 0.717) is 6.54 Å². The maximum Gasteiger partial charge on any atom is 0.254 e. The van der Waals surface area contributed by atoms with Gasteiger partial charge >= 0.3 is 0 Å². The molecule has 3 heteroatoms. The van der Waals surface area contributed by atoms with E-state index in [-0.39, 0.29) is 5.91 Å². The van der Waals surface area contributed by atoms with E-state index >= 15 is 0 Å². The van der Waals surface area contributed by atoms with Gasteiger partial charge < -0.3 is 4.90 Å². The molecule has 0 saturated carbocycles. The highest BCUT2D eigenvalue weighted by atomic mass is 16.2. The zero-order valence-electron chi connectivity index (χ0n) is 12.1. The molecule has 1 aliphatic rings. The molecule has 0 aliphatic carbocycles. The summed E-state index contributed by atoms with van der Waals surface area (Å²) in [7, 11) is 1.84. The molecule has 20 heavy (non-hydrogen) atoms. The van der Waals surface area contributed by atoms with E-state index in [4.69, 9.17) is 0 Å². The average Bonchev–Trinajstić information content (AvgIpc) is 2.73. The van der Waals surface area contributed by atoms with Gasteiger partial charge in [0.2, 0.25) is 0 Å². The van der Waals surface area contributed by atoms with Crippen molar-refractivity contribution in [1.82, 2.24) is 9.88 Å². The Kier molecular flexibility index (Phi) is 3.05. The van der Waals surface area contributed by atoms with Crippen LogP contribution >= 0.6 is 0 Å². The molecule has 0 atom stereocenters. The van der Waals surface area contributed by atoms with Gasteiger partial charge in [0.25, 0.3) is 5.91 Å². The average molecular weight is 266 g/mol.